The van der Waals surface area contributed by atoms with Gasteiger partial charge in [-0.05, 0) is 13.3 Å². The third-order valence-corrected chi connectivity index (χ3v) is 3.00. The Morgan fingerprint density at radius 1 is 1.65 bits per heavy atom. The lowest BCUT2D eigenvalue weighted by molar-refractivity contribution is 0.0725. The maximum absolute atomic E-state index is 12.1. The first-order valence-corrected chi connectivity index (χ1v) is 5.85. The standard InChI is InChI=1S/C11H17N3O3/c1-2-14(6-8-3-4-17-7-8)10(15)9-5-12-11(16)13-9/h5,8H,2-4,6-7H2,1H3,(H2,12,13,16)/t8-/m1/s1. The predicted octanol–water partition coefficient (Wildman–Crippen LogP) is 0.202. The predicted molar refractivity (Wildman–Crippen MR) is 61.9 cm³/mol. The van der Waals surface area contributed by atoms with E-state index in [1.54, 1.807) is 4.90 Å². The Morgan fingerprint density at radius 3 is 3.00 bits per heavy atom. The quantitative estimate of drug-likeness (QED) is 0.788. The Bertz CT molecular complexity index is 431. The van der Waals surface area contributed by atoms with Gasteiger partial charge in [-0.1, -0.05) is 0 Å². The number of rotatable bonds is 4. The van der Waals surface area contributed by atoms with Gasteiger partial charge in [0.25, 0.3) is 5.91 Å². The molecule has 0 spiro atoms. The summed E-state index contributed by atoms with van der Waals surface area (Å²) in [6.45, 7) is 4.73. The fourth-order valence-electron chi connectivity index (χ4n) is 2.01. The molecule has 1 saturated heterocycles. The first-order chi connectivity index (χ1) is 8.20. The molecule has 94 valence electrons. The van der Waals surface area contributed by atoms with E-state index in [0.717, 1.165) is 13.0 Å². The summed E-state index contributed by atoms with van der Waals surface area (Å²) >= 11 is 0. The number of hydrogen-bond donors (Lipinski definition) is 2. The van der Waals surface area contributed by atoms with Crippen LogP contribution in [0, 0.1) is 5.92 Å². The number of imidazole rings is 1. The van der Waals surface area contributed by atoms with E-state index in [9.17, 15) is 9.59 Å². The molecule has 17 heavy (non-hydrogen) atoms. The second kappa shape index (κ2) is 5.18. The molecule has 6 nitrogen and oxygen atoms in total. The van der Waals surface area contributed by atoms with Gasteiger partial charge in [-0.2, -0.15) is 0 Å². The maximum atomic E-state index is 12.1. The third-order valence-electron chi connectivity index (χ3n) is 3.00. The summed E-state index contributed by atoms with van der Waals surface area (Å²) in [7, 11) is 0. The van der Waals surface area contributed by atoms with Crippen molar-refractivity contribution in [2.75, 3.05) is 26.3 Å². The smallest absolute Gasteiger partial charge is 0.323 e. The zero-order valence-corrected chi connectivity index (χ0v) is 9.86. The number of hydrogen-bond acceptors (Lipinski definition) is 3. The van der Waals surface area contributed by atoms with Crippen LogP contribution in [0.4, 0.5) is 0 Å². The molecule has 1 atom stereocenters. The van der Waals surface area contributed by atoms with Crippen LogP contribution >= 0.6 is 0 Å². The van der Waals surface area contributed by atoms with Crippen molar-refractivity contribution in [3.63, 3.8) is 0 Å². The maximum Gasteiger partial charge on any atom is 0.323 e. The Hall–Kier alpha value is -1.56. The van der Waals surface area contributed by atoms with E-state index in [4.69, 9.17) is 4.74 Å². The first kappa shape index (κ1) is 11.9. The van der Waals surface area contributed by atoms with E-state index in [1.165, 1.54) is 6.20 Å². The van der Waals surface area contributed by atoms with Crippen molar-refractivity contribution in [3.8, 4) is 0 Å². The molecule has 2 N–H and O–H groups in total. The van der Waals surface area contributed by atoms with Crippen LogP contribution in [0.15, 0.2) is 11.0 Å². The minimum Gasteiger partial charge on any atom is -0.381 e. The summed E-state index contributed by atoms with van der Waals surface area (Å²) in [5, 5.41) is 0. The first-order valence-electron chi connectivity index (χ1n) is 5.85. The molecule has 0 unspecified atom stereocenters. The molecule has 0 bridgehead atoms. The fraction of sp³-hybridized carbons (Fsp3) is 0.636. The normalized spacial score (nSPS) is 19.5. The van der Waals surface area contributed by atoms with Gasteiger partial charge in [-0.15, -0.1) is 0 Å². The molecule has 2 heterocycles. The van der Waals surface area contributed by atoms with Gasteiger partial charge in [-0.25, -0.2) is 4.79 Å². The van der Waals surface area contributed by atoms with Crippen LogP contribution in [0.25, 0.3) is 0 Å². The zero-order valence-electron chi connectivity index (χ0n) is 9.86. The summed E-state index contributed by atoms with van der Waals surface area (Å²) in [5.41, 5.74) is -0.0376. The minimum atomic E-state index is -0.353. The van der Waals surface area contributed by atoms with E-state index < -0.39 is 0 Å². The number of aromatic amines is 2. The molecule has 0 radical (unpaired) electrons. The molecule has 0 saturated carbocycles. The number of H-pyrrole nitrogens is 2. The van der Waals surface area contributed by atoms with Gasteiger partial charge >= 0.3 is 5.69 Å². The van der Waals surface area contributed by atoms with Crippen molar-refractivity contribution in [2.45, 2.75) is 13.3 Å². The van der Waals surface area contributed by atoms with Crippen LogP contribution in [0.1, 0.15) is 23.8 Å². The summed E-state index contributed by atoms with van der Waals surface area (Å²) in [6, 6.07) is 0. The number of nitrogens with one attached hydrogen (secondary N) is 2. The lowest BCUT2D eigenvalue weighted by Gasteiger charge is -2.22. The molecule has 0 aliphatic carbocycles. The number of aromatic nitrogens is 2. The highest BCUT2D eigenvalue weighted by Crippen LogP contribution is 2.14. The lowest BCUT2D eigenvalue weighted by Crippen LogP contribution is -2.35. The monoisotopic (exact) mass is 239 g/mol. The molecular weight excluding hydrogens is 222 g/mol. The molecule has 1 aliphatic heterocycles. The second-order valence-corrected chi connectivity index (χ2v) is 4.23. The van der Waals surface area contributed by atoms with Crippen molar-refractivity contribution in [1.82, 2.24) is 14.9 Å². The largest absolute Gasteiger partial charge is 0.381 e. The van der Waals surface area contributed by atoms with E-state index in [2.05, 4.69) is 9.97 Å². The van der Waals surface area contributed by atoms with Gasteiger partial charge in [0.05, 0.1) is 6.61 Å². The number of nitrogens with zero attached hydrogens (tertiary/aromatic N) is 1. The van der Waals surface area contributed by atoms with E-state index in [0.29, 0.717) is 31.3 Å². The van der Waals surface area contributed by atoms with E-state index in [-0.39, 0.29) is 11.6 Å². The summed E-state index contributed by atoms with van der Waals surface area (Å²) in [5.74, 6) is 0.266. The molecule has 1 amide bonds. The van der Waals surface area contributed by atoms with Crippen LogP contribution in [0.2, 0.25) is 0 Å². The summed E-state index contributed by atoms with van der Waals surface area (Å²) in [4.78, 5) is 29.7. The average molecular weight is 239 g/mol. The average Bonchev–Trinajstić information content (AvgIpc) is 2.96. The van der Waals surface area contributed by atoms with Gasteiger partial charge in [0.15, 0.2) is 0 Å². The van der Waals surface area contributed by atoms with Crippen LogP contribution < -0.4 is 5.69 Å². The Morgan fingerprint density at radius 2 is 2.47 bits per heavy atom. The van der Waals surface area contributed by atoms with Crippen LogP contribution in [-0.4, -0.2) is 47.1 Å². The molecule has 1 fully saturated rings. The SMILES string of the molecule is CCN(C[C@H]1CCOC1)C(=O)c1c[nH]c(=O)[nH]1. The van der Waals surface area contributed by atoms with Crippen LogP contribution in [0.5, 0.6) is 0 Å². The number of amides is 1. The Labute approximate surface area is 99.0 Å². The highest BCUT2D eigenvalue weighted by Gasteiger charge is 2.22. The fourth-order valence-corrected chi connectivity index (χ4v) is 2.01. The van der Waals surface area contributed by atoms with Crippen molar-refractivity contribution in [2.24, 2.45) is 5.92 Å². The topological polar surface area (TPSA) is 78.2 Å². The van der Waals surface area contributed by atoms with E-state index >= 15 is 0 Å². The van der Waals surface area contributed by atoms with Crippen molar-refractivity contribution < 1.29 is 9.53 Å². The molecule has 1 aliphatic rings. The van der Waals surface area contributed by atoms with Crippen molar-refractivity contribution in [3.05, 3.63) is 22.4 Å². The third kappa shape index (κ3) is 2.76. The Kier molecular flexibility index (Phi) is 3.63. The number of carbonyl (C=O) groups is 1. The van der Waals surface area contributed by atoms with Gasteiger partial charge in [-0.3, -0.25) is 4.79 Å². The molecule has 1 aromatic rings. The summed E-state index contributed by atoms with van der Waals surface area (Å²) in [6.07, 6.45) is 2.41. The van der Waals surface area contributed by atoms with E-state index in [1.807, 2.05) is 6.92 Å². The van der Waals surface area contributed by atoms with Gasteiger partial charge in [0, 0.05) is 31.8 Å². The van der Waals surface area contributed by atoms with Crippen molar-refractivity contribution in [1.29, 1.82) is 0 Å². The Balaban J connectivity index is 2.01. The summed E-state index contributed by atoms with van der Waals surface area (Å²) < 4.78 is 5.29. The van der Waals surface area contributed by atoms with Gasteiger partial charge in [0.1, 0.15) is 5.69 Å². The number of carbonyl (C=O) groups excluding carboxylic acids is 1. The highest BCUT2D eigenvalue weighted by molar-refractivity contribution is 5.92. The number of ether oxygens (including phenoxy) is 1. The van der Waals surface area contributed by atoms with Crippen LogP contribution in [-0.2, 0) is 4.74 Å². The second-order valence-electron chi connectivity index (χ2n) is 4.23. The molecule has 1 aromatic heterocycles. The molecule has 6 heteroatoms. The molecule has 2 rings (SSSR count). The minimum absolute atomic E-state index is 0.141. The molecular formula is C11H17N3O3. The highest BCUT2D eigenvalue weighted by atomic mass is 16.5. The lowest BCUT2D eigenvalue weighted by atomic mass is 10.1. The van der Waals surface area contributed by atoms with Gasteiger partial charge < -0.3 is 19.6 Å². The van der Waals surface area contributed by atoms with Crippen LogP contribution in [0.3, 0.4) is 0 Å². The van der Waals surface area contributed by atoms with Crippen molar-refractivity contribution >= 4 is 5.91 Å². The molecule has 0 aromatic carbocycles. The zero-order chi connectivity index (χ0) is 12.3. The van der Waals surface area contributed by atoms with Gasteiger partial charge in [0.2, 0.25) is 0 Å².